The Morgan fingerprint density at radius 2 is 1.83 bits per heavy atom. The summed E-state index contributed by atoms with van der Waals surface area (Å²) >= 11 is 0. The summed E-state index contributed by atoms with van der Waals surface area (Å²) in [4.78, 5) is 27.5. The van der Waals surface area contributed by atoms with Gasteiger partial charge in [0.1, 0.15) is 6.04 Å². The monoisotopic (exact) mass is 343 g/mol. The minimum atomic E-state index is -3.86. The van der Waals surface area contributed by atoms with Crippen molar-refractivity contribution in [3.05, 3.63) is 24.3 Å². The number of anilines is 1. The van der Waals surface area contributed by atoms with E-state index in [-0.39, 0.29) is 10.8 Å². The van der Waals surface area contributed by atoms with Gasteiger partial charge in [-0.1, -0.05) is 6.92 Å². The molecule has 23 heavy (non-hydrogen) atoms. The van der Waals surface area contributed by atoms with E-state index in [2.05, 4.69) is 15.5 Å². The molecule has 1 aromatic rings. The van der Waals surface area contributed by atoms with Crippen molar-refractivity contribution >= 4 is 27.5 Å². The van der Waals surface area contributed by atoms with Crippen LogP contribution in [0.5, 0.6) is 0 Å². The second-order valence-electron chi connectivity index (χ2n) is 4.86. The molecule has 0 aromatic heterocycles. The van der Waals surface area contributed by atoms with Crippen LogP contribution in [-0.2, 0) is 24.4 Å². The number of nitrogens with one attached hydrogen (secondary N) is 3. The Hall–Kier alpha value is -1.97. The summed E-state index contributed by atoms with van der Waals surface area (Å²) in [6.07, 6.45) is 0.723. The highest BCUT2D eigenvalue weighted by molar-refractivity contribution is 7.89. The van der Waals surface area contributed by atoms with E-state index in [1.54, 1.807) is 0 Å². The zero-order valence-electron chi connectivity index (χ0n) is 13.3. The average molecular weight is 343 g/mol. The van der Waals surface area contributed by atoms with Crippen LogP contribution in [-0.4, -0.2) is 32.9 Å². The van der Waals surface area contributed by atoms with Crippen molar-refractivity contribution in [3.8, 4) is 0 Å². The number of sulfonamides is 1. The molecule has 0 aliphatic heterocycles. The Morgan fingerprint density at radius 3 is 2.35 bits per heavy atom. The largest absolute Gasteiger partial charge is 0.326 e. The first-order valence-electron chi connectivity index (χ1n) is 7.08. The normalized spacial score (nSPS) is 12.5. The highest BCUT2D eigenvalue weighted by Gasteiger charge is 2.22. The van der Waals surface area contributed by atoms with Crippen molar-refractivity contribution in [1.82, 2.24) is 10.2 Å². The lowest BCUT2D eigenvalue weighted by atomic mass is 10.3. The molecule has 9 heteroatoms. The highest BCUT2D eigenvalue weighted by Crippen LogP contribution is 2.14. The molecule has 0 radical (unpaired) electrons. The minimum absolute atomic E-state index is 0.0132. The molecule has 1 aromatic carbocycles. The van der Waals surface area contributed by atoms with Crippen molar-refractivity contribution in [2.24, 2.45) is 0 Å². The molecule has 0 fully saturated rings. The topological polar surface area (TPSA) is 114 Å². The van der Waals surface area contributed by atoms with E-state index < -0.39 is 22.0 Å². The molecule has 3 N–H and O–H groups in total. The van der Waals surface area contributed by atoms with Crippen LogP contribution in [0.25, 0.3) is 0 Å². The molecule has 0 heterocycles. The standard InChI is InChI=1S/C14H21N3O5S/c1-4-9-22-16-14(19)10(2)17-23(20,21)13-7-5-12(6-8-13)15-11(3)18/h5-8,10,17H,4,9H2,1-3H3,(H,15,18)(H,16,19). The summed E-state index contributed by atoms with van der Waals surface area (Å²) in [5.41, 5.74) is 2.66. The molecule has 0 bridgehead atoms. The van der Waals surface area contributed by atoms with Gasteiger partial charge in [0.2, 0.25) is 15.9 Å². The summed E-state index contributed by atoms with van der Waals surface area (Å²) in [6.45, 7) is 4.99. The predicted molar refractivity (Wildman–Crippen MR) is 84.9 cm³/mol. The van der Waals surface area contributed by atoms with E-state index in [1.165, 1.54) is 38.1 Å². The van der Waals surface area contributed by atoms with Gasteiger partial charge in [0.15, 0.2) is 0 Å². The number of hydrogen-bond acceptors (Lipinski definition) is 5. The van der Waals surface area contributed by atoms with Gasteiger partial charge in [-0.3, -0.25) is 14.4 Å². The third-order valence-electron chi connectivity index (χ3n) is 2.69. The molecule has 1 unspecified atom stereocenters. The maximum Gasteiger partial charge on any atom is 0.261 e. The third kappa shape index (κ3) is 6.35. The van der Waals surface area contributed by atoms with Crippen molar-refractivity contribution in [2.45, 2.75) is 38.1 Å². The molecule has 1 atom stereocenters. The second-order valence-corrected chi connectivity index (χ2v) is 6.58. The molecule has 0 saturated carbocycles. The van der Waals surface area contributed by atoms with Crippen molar-refractivity contribution in [1.29, 1.82) is 0 Å². The Labute approximate surface area is 135 Å². The molecule has 128 valence electrons. The van der Waals surface area contributed by atoms with Crippen LogP contribution < -0.4 is 15.5 Å². The van der Waals surface area contributed by atoms with Crippen LogP contribution in [0.4, 0.5) is 5.69 Å². The van der Waals surface area contributed by atoms with E-state index >= 15 is 0 Å². The number of hydroxylamine groups is 1. The maximum atomic E-state index is 12.2. The quantitative estimate of drug-likeness (QED) is 0.476. The fraction of sp³-hybridized carbons (Fsp3) is 0.429. The fourth-order valence-corrected chi connectivity index (χ4v) is 2.79. The number of hydrogen-bond donors (Lipinski definition) is 3. The minimum Gasteiger partial charge on any atom is -0.326 e. The first-order valence-corrected chi connectivity index (χ1v) is 8.56. The molecule has 0 saturated heterocycles. The molecule has 0 spiro atoms. The van der Waals surface area contributed by atoms with E-state index in [1.807, 2.05) is 6.92 Å². The summed E-state index contributed by atoms with van der Waals surface area (Å²) in [6, 6.07) is 4.61. The van der Waals surface area contributed by atoms with E-state index in [4.69, 9.17) is 4.84 Å². The van der Waals surface area contributed by atoms with Crippen molar-refractivity contribution in [2.75, 3.05) is 11.9 Å². The Kier molecular flexibility index (Phi) is 7.14. The van der Waals surface area contributed by atoms with Gasteiger partial charge in [0, 0.05) is 12.6 Å². The Bertz CT molecular complexity index is 643. The summed E-state index contributed by atoms with van der Waals surface area (Å²) in [5.74, 6) is -0.840. The number of benzene rings is 1. The van der Waals surface area contributed by atoms with E-state index in [9.17, 15) is 18.0 Å². The molecular weight excluding hydrogens is 322 g/mol. The zero-order chi connectivity index (χ0) is 17.5. The van der Waals surface area contributed by atoms with Crippen molar-refractivity contribution in [3.63, 3.8) is 0 Å². The molecule has 2 amide bonds. The number of amides is 2. The SMILES string of the molecule is CCCONC(=O)C(C)NS(=O)(=O)c1ccc(NC(C)=O)cc1. The number of carbonyl (C=O) groups is 2. The van der Waals surface area contributed by atoms with Crippen LogP contribution in [0.2, 0.25) is 0 Å². The van der Waals surface area contributed by atoms with Gasteiger partial charge in [0.25, 0.3) is 5.91 Å². The summed E-state index contributed by atoms with van der Waals surface area (Å²) < 4.78 is 26.6. The molecule has 0 aliphatic carbocycles. The first kappa shape index (κ1) is 19.1. The smallest absolute Gasteiger partial charge is 0.261 e. The number of carbonyl (C=O) groups excluding carboxylic acids is 2. The first-order chi connectivity index (χ1) is 10.8. The second kappa shape index (κ2) is 8.61. The zero-order valence-corrected chi connectivity index (χ0v) is 14.1. The van der Waals surface area contributed by atoms with Gasteiger partial charge in [-0.15, -0.1) is 0 Å². The van der Waals surface area contributed by atoms with Crippen LogP contribution in [0.1, 0.15) is 27.2 Å². The van der Waals surface area contributed by atoms with Crippen LogP contribution >= 0.6 is 0 Å². The van der Waals surface area contributed by atoms with Crippen molar-refractivity contribution < 1.29 is 22.8 Å². The Morgan fingerprint density at radius 1 is 1.22 bits per heavy atom. The van der Waals surface area contributed by atoms with Gasteiger partial charge in [-0.25, -0.2) is 13.9 Å². The fourth-order valence-electron chi connectivity index (χ4n) is 1.59. The summed E-state index contributed by atoms with van der Waals surface area (Å²) in [7, 11) is -3.86. The van der Waals surface area contributed by atoms with Gasteiger partial charge >= 0.3 is 0 Å². The van der Waals surface area contributed by atoms with Crippen LogP contribution in [0, 0.1) is 0 Å². The molecule has 0 aliphatic rings. The van der Waals surface area contributed by atoms with E-state index in [0.29, 0.717) is 12.3 Å². The molecular formula is C14H21N3O5S. The van der Waals surface area contributed by atoms with Gasteiger partial charge in [0.05, 0.1) is 11.5 Å². The lowest BCUT2D eigenvalue weighted by molar-refractivity contribution is -0.134. The average Bonchev–Trinajstić information content (AvgIpc) is 2.46. The van der Waals surface area contributed by atoms with Crippen LogP contribution in [0.3, 0.4) is 0 Å². The van der Waals surface area contributed by atoms with Gasteiger partial charge in [-0.05, 0) is 37.6 Å². The summed E-state index contributed by atoms with van der Waals surface area (Å²) in [5, 5.41) is 2.54. The lowest BCUT2D eigenvalue weighted by Gasteiger charge is -2.14. The highest BCUT2D eigenvalue weighted by atomic mass is 32.2. The van der Waals surface area contributed by atoms with Gasteiger partial charge in [-0.2, -0.15) is 4.72 Å². The molecule has 1 rings (SSSR count). The van der Waals surface area contributed by atoms with Gasteiger partial charge < -0.3 is 5.32 Å². The lowest BCUT2D eigenvalue weighted by Crippen LogP contribution is -2.44. The van der Waals surface area contributed by atoms with E-state index in [0.717, 1.165) is 6.42 Å². The number of rotatable bonds is 8. The third-order valence-corrected chi connectivity index (χ3v) is 4.25. The predicted octanol–water partition coefficient (Wildman–Crippen LogP) is 0.770. The maximum absolute atomic E-state index is 12.2. The Balaban J connectivity index is 2.71. The van der Waals surface area contributed by atoms with Crippen LogP contribution in [0.15, 0.2) is 29.2 Å². The molecule has 8 nitrogen and oxygen atoms in total.